The van der Waals surface area contributed by atoms with Crippen molar-refractivity contribution in [3.8, 4) is 12.1 Å². The molecule has 2 aliphatic rings. The molecule has 4 rings (SSSR count). The van der Waals surface area contributed by atoms with Gasteiger partial charge in [0.25, 0.3) is 0 Å². The van der Waals surface area contributed by atoms with Crippen molar-refractivity contribution in [2.24, 2.45) is 0 Å². The molecule has 136 valence electrons. The van der Waals surface area contributed by atoms with Crippen LogP contribution in [0.15, 0.2) is 48.5 Å². The second kappa shape index (κ2) is 6.80. The molecule has 0 radical (unpaired) electrons. The third-order valence-electron chi connectivity index (χ3n) is 4.89. The minimum absolute atomic E-state index is 0.142. The van der Waals surface area contributed by atoms with Crippen LogP contribution in [0.5, 0.6) is 0 Å². The Morgan fingerprint density at radius 2 is 1.19 bits per heavy atom. The zero-order valence-electron chi connectivity index (χ0n) is 14.1. The highest BCUT2D eigenvalue weighted by Gasteiger charge is 2.61. The molecule has 0 bridgehead atoms. The van der Waals surface area contributed by atoms with Gasteiger partial charge < -0.3 is 14.2 Å². The van der Waals surface area contributed by atoms with Gasteiger partial charge in [-0.3, -0.25) is 0 Å². The Kier molecular flexibility index (Phi) is 4.60. The predicted octanol–water partition coefficient (Wildman–Crippen LogP) is 3.73. The van der Waals surface area contributed by atoms with Crippen LogP contribution in [-0.2, 0) is 25.4 Å². The molecule has 0 amide bonds. The smallest absolute Gasteiger partial charge is 0.168 e. The van der Waals surface area contributed by atoms with E-state index in [1.54, 1.807) is 24.3 Å². The summed E-state index contributed by atoms with van der Waals surface area (Å²) in [6, 6.07) is 18.6. The Bertz CT molecular complexity index is 893. The van der Waals surface area contributed by atoms with Crippen molar-refractivity contribution in [1.29, 1.82) is 10.5 Å². The molecule has 2 aromatic rings. The molecule has 0 saturated carbocycles. The van der Waals surface area contributed by atoms with E-state index < -0.39 is 22.3 Å². The Morgan fingerprint density at radius 1 is 0.815 bits per heavy atom. The third kappa shape index (κ3) is 2.99. The van der Waals surface area contributed by atoms with Gasteiger partial charge in [0.05, 0.1) is 36.5 Å². The topological polar surface area (TPSA) is 81.9 Å². The van der Waals surface area contributed by atoms with Crippen molar-refractivity contribution in [3.05, 3.63) is 70.8 Å². The molecule has 0 spiro atoms. The number of rotatable bonds is 6. The van der Waals surface area contributed by atoms with Crippen LogP contribution in [0.1, 0.15) is 22.3 Å². The summed E-state index contributed by atoms with van der Waals surface area (Å²) >= 11 is 12.4. The summed E-state index contributed by atoms with van der Waals surface area (Å²) in [6.45, 7) is 0.284. The van der Waals surface area contributed by atoms with Gasteiger partial charge in [-0.15, -0.1) is 0 Å². The summed E-state index contributed by atoms with van der Waals surface area (Å²) in [5.41, 5.74) is -0.543. The molecule has 2 saturated heterocycles. The van der Waals surface area contributed by atoms with Gasteiger partial charge in [-0.05, 0) is 12.1 Å². The Balaban J connectivity index is 1.52. The number of nitriles is 2. The summed E-state index contributed by atoms with van der Waals surface area (Å²) in [6.07, 6.45) is 0. The fraction of sp³-hybridized carbons (Fsp3) is 0.300. The van der Waals surface area contributed by atoms with Crippen molar-refractivity contribution in [1.82, 2.24) is 0 Å². The molecule has 2 aromatic carbocycles. The second-order valence-electron chi connectivity index (χ2n) is 6.45. The van der Waals surface area contributed by atoms with Gasteiger partial charge in [0, 0.05) is 11.1 Å². The number of benzene rings is 2. The number of hydrogen-bond acceptors (Lipinski definition) is 5. The van der Waals surface area contributed by atoms with E-state index in [1.807, 2.05) is 24.3 Å². The van der Waals surface area contributed by atoms with E-state index in [0.29, 0.717) is 22.3 Å². The fourth-order valence-electron chi connectivity index (χ4n) is 3.28. The molecule has 27 heavy (non-hydrogen) atoms. The number of epoxide rings is 2. The van der Waals surface area contributed by atoms with Gasteiger partial charge in [0.2, 0.25) is 0 Å². The van der Waals surface area contributed by atoms with Gasteiger partial charge in [-0.25, -0.2) is 0 Å². The lowest BCUT2D eigenvalue weighted by molar-refractivity contribution is 0.0402. The van der Waals surface area contributed by atoms with Gasteiger partial charge in [0.1, 0.15) is 0 Å². The van der Waals surface area contributed by atoms with E-state index in [4.69, 9.17) is 37.4 Å². The quantitative estimate of drug-likeness (QED) is 0.544. The van der Waals surface area contributed by atoms with E-state index in [-0.39, 0.29) is 13.2 Å². The Hall–Kier alpha value is -2.12. The van der Waals surface area contributed by atoms with Gasteiger partial charge in [-0.1, -0.05) is 59.6 Å². The van der Waals surface area contributed by atoms with Crippen LogP contribution in [0.4, 0.5) is 0 Å². The van der Waals surface area contributed by atoms with E-state index >= 15 is 0 Å². The first-order valence-corrected chi connectivity index (χ1v) is 9.15. The fourth-order valence-corrected chi connectivity index (χ4v) is 3.96. The lowest BCUT2D eigenvalue weighted by Crippen LogP contribution is -2.26. The van der Waals surface area contributed by atoms with E-state index in [9.17, 15) is 10.5 Å². The van der Waals surface area contributed by atoms with E-state index in [0.717, 1.165) is 0 Å². The first-order valence-electron chi connectivity index (χ1n) is 8.28. The number of halogens is 2. The molecule has 0 aliphatic carbocycles. The monoisotopic (exact) mass is 400 g/mol. The molecule has 0 N–H and O–H groups in total. The van der Waals surface area contributed by atoms with Gasteiger partial charge in [-0.2, -0.15) is 10.5 Å². The summed E-state index contributed by atoms with van der Waals surface area (Å²) in [5, 5.41) is 18.7. The number of hydrogen-bond donors (Lipinski definition) is 0. The van der Waals surface area contributed by atoms with Crippen molar-refractivity contribution < 1.29 is 14.2 Å². The summed E-state index contributed by atoms with van der Waals surface area (Å²) in [7, 11) is 0. The number of nitrogens with zero attached hydrogens (tertiary/aromatic N) is 2. The highest BCUT2D eigenvalue weighted by Crippen LogP contribution is 2.52. The standard InChI is InChI=1S/C20H14Cl2N2O3/c21-17-19(26-17,15-7-3-1-5-13(15)9-23)11-25-12-20(18(22)27-20)16-8-4-2-6-14(16)10-24/h1-8,17-18H,11-12H2. The minimum atomic E-state index is -0.874. The van der Waals surface area contributed by atoms with Crippen LogP contribution < -0.4 is 0 Å². The molecule has 2 aliphatic heterocycles. The first kappa shape index (κ1) is 18.3. The van der Waals surface area contributed by atoms with Crippen molar-refractivity contribution in [2.45, 2.75) is 22.3 Å². The first-order chi connectivity index (χ1) is 13.1. The highest BCUT2D eigenvalue weighted by molar-refractivity contribution is 6.22. The number of ether oxygens (including phenoxy) is 3. The number of alkyl halides is 2. The molecular weight excluding hydrogens is 387 g/mol. The summed E-state index contributed by atoms with van der Waals surface area (Å²) < 4.78 is 17.1. The average Bonchev–Trinajstić information content (AvgIpc) is 3.57. The molecule has 7 heteroatoms. The van der Waals surface area contributed by atoms with E-state index in [1.165, 1.54) is 0 Å². The molecule has 2 fully saturated rings. The average molecular weight is 401 g/mol. The van der Waals surface area contributed by atoms with Crippen molar-refractivity contribution >= 4 is 23.2 Å². The maximum Gasteiger partial charge on any atom is 0.168 e. The zero-order chi connectivity index (χ0) is 19.1. The maximum atomic E-state index is 9.34. The van der Waals surface area contributed by atoms with E-state index in [2.05, 4.69) is 12.1 Å². The van der Waals surface area contributed by atoms with Crippen LogP contribution in [0, 0.1) is 22.7 Å². The normalized spacial score (nSPS) is 31.0. The van der Waals surface area contributed by atoms with Crippen molar-refractivity contribution in [3.63, 3.8) is 0 Å². The maximum absolute atomic E-state index is 9.34. The molecule has 5 nitrogen and oxygen atoms in total. The summed E-state index contributed by atoms with van der Waals surface area (Å²) in [5.74, 6) is 0. The second-order valence-corrected chi connectivity index (χ2v) is 7.25. The lowest BCUT2D eigenvalue weighted by atomic mass is 9.94. The van der Waals surface area contributed by atoms with Crippen LogP contribution in [0.2, 0.25) is 0 Å². The molecule has 4 atom stereocenters. The molecule has 4 unspecified atom stereocenters. The van der Waals surface area contributed by atoms with Crippen LogP contribution in [0.3, 0.4) is 0 Å². The van der Waals surface area contributed by atoms with Crippen LogP contribution in [-0.4, -0.2) is 24.3 Å². The van der Waals surface area contributed by atoms with Crippen LogP contribution in [0.25, 0.3) is 0 Å². The lowest BCUT2D eigenvalue weighted by Gasteiger charge is -2.18. The summed E-state index contributed by atoms with van der Waals surface area (Å²) in [4.78, 5) is 0. The SMILES string of the molecule is N#Cc1ccccc1C1(COCC2(c3ccccc3C#N)OC2Cl)OC1Cl. The van der Waals surface area contributed by atoms with Crippen molar-refractivity contribution in [2.75, 3.05) is 13.2 Å². The molecule has 0 aromatic heterocycles. The molecular formula is C20H14Cl2N2O3. The highest BCUT2D eigenvalue weighted by atomic mass is 35.5. The predicted molar refractivity (Wildman–Crippen MR) is 97.9 cm³/mol. The zero-order valence-corrected chi connectivity index (χ0v) is 15.6. The Labute approximate surface area is 166 Å². The molecule has 2 heterocycles. The van der Waals surface area contributed by atoms with Gasteiger partial charge in [0.15, 0.2) is 22.3 Å². The van der Waals surface area contributed by atoms with Crippen LogP contribution >= 0.6 is 23.2 Å². The Morgan fingerprint density at radius 3 is 1.52 bits per heavy atom. The largest absolute Gasteiger partial charge is 0.374 e. The van der Waals surface area contributed by atoms with Gasteiger partial charge >= 0.3 is 0 Å². The third-order valence-corrected chi connectivity index (χ3v) is 5.77. The minimum Gasteiger partial charge on any atom is -0.374 e.